The molecule has 1 aliphatic heterocycles. The molecule has 5 rings (SSSR count). The van der Waals surface area contributed by atoms with Gasteiger partial charge in [-0.15, -0.1) is 0 Å². The normalized spacial score (nSPS) is 14.5. The molecule has 7 nitrogen and oxygen atoms in total. The lowest BCUT2D eigenvalue weighted by molar-refractivity contribution is 0.0636. The fourth-order valence-electron chi connectivity index (χ4n) is 4.91. The number of fused-ring (bicyclic) bond motifs is 1. The SMILES string of the molecule is Cc1cc(C(=O)N2CCN(CCCc3ccccc3)CC2)ccc1NS(=O)(=O)c1cccc2cccnc12. The maximum atomic E-state index is 13.2. The van der Waals surface area contributed by atoms with Gasteiger partial charge in [-0.2, -0.15) is 0 Å². The minimum Gasteiger partial charge on any atom is -0.336 e. The van der Waals surface area contributed by atoms with Gasteiger partial charge in [0, 0.05) is 43.3 Å². The number of hydrogen-bond donors (Lipinski definition) is 1. The zero-order valence-corrected chi connectivity index (χ0v) is 22.3. The number of anilines is 1. The van der Waals surface area contributed by atoms with Crippen LogP contribution in [0.25, 0.3) is 10.9 Å². The van der Waals surface area contributed by atoms with Gasteiger partial charge in [-0.1, -0.05) is 48.5 Å². The smallest absolute Gasteiger partial charge is 0.264 e. The molecule has 1 aliphatic rings. The Morgan fingerprint density at radius 1 is 0.921 bits per heavy atom. The van der Waals surface area contributed by atoms with E-state index in [1.807, 2.05) is 23.1 Å². The quantitative estimate of drug-likeness (QED) is 0.357. The molecule has 0 saturated carbocycles. The Morgan fingerprint density at radius 2 is 1.68 bits per heavy atom. The molecule has 0 radical (unpaired) electrons. The van der Waals surface area contributed by atoms with Crippen LogP contribution in [0.15, 0.2) is 90.0 Å². The number of nitrogens with one attached hydrogen (secondary N) is 1. The Morgan fingerprint density at radius 3 is 2.45 bits per heavy atom. The number of aromatic nitrogens is 1. The first-order chi connectivity index (χ1) is 18.4. The van der Waals surface area contributed by atoms with Crippen LogP contribution in [0.5, 0.6) is 0 Å². The largest absolute Gasteiger partial charge is 0.336 e. The summed E-state index contributed by atoms with van der Waals surface area (Å²) in [5.74, 6) is -0.0234. The van der Waals surface area contributed by atoms with Gasteiger partial charge in [-0.3, -0.25) is 19.4 Å². The molecule has 8 heteroatoms. The number of piperazine rings is 1. The molecule has 3 aromatic carbocycles. The molecular formula is C30H32N4O3S. The number of para-hydroxylation sites is 1. The van der Waals surface area contributed by atoms with Gasteiger partial charge in [0.2, 0.25) is 0 Å². The van der Waals surface area contributed by atoms with E-state index in [1.54, 1.807) is 49.5 Å². The van der Waals surface area contributed by atoms with Crippen molar-refractivity contribution < 1.29 is 13.2 Å². The first kappa shape index (κ1) is 25.9. The van der Waals surface area contributed by atoms with Crippen LogP contribution in [-0.2, 0) is 16.4 Å². The second-order valence-corrected chi connectivity index (χ2v) is 11.3. The van der Waals surface area contributed by atoms with Crippen LogP contribution in [0.4, 0.5) is 5.69 Å². The lowest BCUT2D eigenvalue weighted by Gasteiger charge is -2.35. The Balaban J connectivity index is 1.19. The summed E-state index contributed by atoms with van der Waals surface area (Å²) in [4.78, 5) is 21.9. The van der Waals surface area contributed by atoms with Gasteiger partial charge in [0.05, 0.1) is 11.2 Å². The highest BCUT2D eigenvalue weighted by Crippen LogP contribution is 2.25. The zero-order valence-electron chi connectivity index (χ0n) is 21.5. The van der Waals surface area contributed by atoms with Crippen LogP contribution in [0.2, 0.25) is 0 Å². The molecule has 1 fully saturated rings. The first-order valence-electron chi connectivity index (χ1n) is 12.9. The van der Waals surface area contributed by atoms with E-state index >= 15 is 0 Å². The van der Waals surface area contributed by atoms with Crippen LogP contribution in [0.1, 0.15) is 27.9 Å². The second kappa shape index (κ2) is 11.3. The molecule has 0 spiro atoms. The molecule has 4 aromatic rings. The number of aryl methyl sites for hydroxylation is 2. The Kier molecular flexibility index (Phi) is 7.72. The van der Waals surface area contributed by atoms with Gasteiger partial charge in [-0.25, -0.2) is 8.42 Å². The van der Waals surface area contributed by atoms with Crippen LogP contribution < -0.4 is 4.72 Å². The van der Waals surface area contributed by atoms with Crippen molar-refractivity contribution in [2.24, 2.45) is 0 Å². The van der Waals surface area contributed by atoms with E-state index in [0.717, 1.165) is 37.9 Å². The monoisotopic (exact) mass is 528 g/mol. The van der Waals surface area contributed by atoms with Crippen molar-refractivity contribution in [3.05, 3.63) is 102 Å². The average molecular weight is 529 g/mol. The number of carbonyl (C=O) groups excluding carboxylic acids is 1. The first-order valence-corrected chi connectivity index (χ1v) is 14.4. The third kappa shape index (κ3) is 5.87. The van der Waals surface area contributed by atoms with Crippen LogP contribution in [0.3, 0.4) is 0 Å². The number of amides is 1. The van der Waals surface area contributed by atoms with Crippen LogP contribution >= 0.6 is 0 Å². The van der Waals surface area contributed by atoms with Crippen molar-refractivity contribution in [3.63, 3.8) is 0 Å². The molecular weight excluding hydrogens is 496 g/mol. The van der Waals surface area contributed by atoms with Crippen molar-refractivity contribution in [2.75, 3.05) is 37.4 Å². The fraction of sp³-hybridized carbons (Fsp3) is 0.267. The maximum absolute atomic E-state index is 13.2. The number of benzene rings is 3. The molecule has 0 unspecified atom stereocenters. The molecule has 196 valence electrons. The third-order valence-electron chi connectivity index (χ3n) is 7.05. The molecule has 0 bridgehead atoms. The van der Waals surface area contributed by atoms with Crippen molar-refractivity contribution in [2.45, 2.75) is 24.7 Å². The Hall–Kier alpha value is -3.75. The van der Waals surface area contributed by atoms with Crippen molar-refractivity contribution in [3.8, 4) is 0 Å². The molecule has 1 aromatic heterocycles. The van der Waals surface area contributed by atoms with E-state index in [0.29, 0.717) is 35.4 Å². The summed E-state index contributed by atoms with van der Waals surface area (Å²) in [6, 6.07) is 24.3. The van der Waals surface area contributed by atoms with E-state index in [1.165, 1.54) is 5.56 Å². The van der Waals surface area contributed by atoms with Gasteiger partial charge in [-0.05, 0) is 67.8 Å². The fourth-order valence-corrected chi connectivity index (χ4v) is 6.22. The summed E-state index contributed by atoms with van der Waals surface area (Å²) in [5.41, 5.74) is 3.47. The predicted octanol–water partition coefficient (Wildman–Crippen LogP) is 4.73. The van der Waals surface area contributed by atoms with Gasteiger partial charge >= 0.3 is 0 Å². The van der Waals surface area contributed by atoms with E-state index in [2.05, 4.69) is 38.9 Å². The van der Waals surface area contributed by atoms with E-state index in [-0.39, 0.29) is 10.8 Å². The van der Waals surface area contributed by atoms with E-state index in [4.69, 9.17) is 0 Å². The van der Waals surface area contributed by atoms with Gasteiger partial charge < -0.3 is 4.90 Å². The van der Waals surface area contributed by atoms with Gasteiger partial charge in [0.15, 0.2) is 0 Å². The number of hydrogen-bond acceptors (Lipinski definition) is 5. The molecule has 1 saturated heterocycles. The van der Waals surface area contributed by atoms with Crippen LogP contribution in [0, 0.1) is 6.92 Å². The summed E-state index contributed by atoms with van der Waals surface area (Å²) in [5, 5.41) is 0.754. The number of sulfonamides is 1. The Labute approximate surface area is 224 Å². The topological polar surface area (TPSA) is 82.6 Å². The number of carbonyl (C=O) groups is 1. The lowest BCUT2D eigenvalue weighted by atomic mass is 10.1. The minimum absolute atomic E-state index is 0.0234. The highest BCUT2D eigenvalue weighted by Gasteiger charge is 2.23. The Bertz CT molecular complexity index is 1530. The van der Waals surface area contributed by atoms with Crippen molar-refractivity contribution >= 4 is 32.5 Å². The number of pyridine rings is 1. The standard InChI is InChI=1S/C30H32N4O3S/c1-23-22-26(30(35)34-20-18-33(19-21-34)17-7-10-24-8-3-2-4-9-24)14-15-27(23)32-38(36,37)28-13-5-11-25-12-6-16-31-29(25)28/h2-6,8-9,11-16,22,32H,7,10,17-21H2,1H3. The van der Waals surface area contributed by atoms with E-state index < -0.39 is 10.0 Å². The van der Waals surface area contributed by atoms with Crippen molar-refractivity contribution in [1.82, 2.24) is 14.8 Å². The van der Waals surface area contributed by atoms with Crippen molar-refractivity contribution in [1.29, 1.82) is 0 Å². The zero-order chi connectivity index (χ0) is 26.5. The summed E-state index contributed by atoms with van der Waals surface area (Å²) < 4.78 is 29.1. The summed E-state index contributed by atoms with van der Waals surface area (Å²) in [6.45, 7) is 5.92. The average Bonchev–Trinajstić information content (AvgIpc) is 2.94. The lowest BCUT2D eigenvalue weighted by Crippen LogP contribution is -2.48. The summed E-state index contributed by atoms with van der Waals surface area (Å²) in [7, 11) is -3.86. The minimum atomic E-state index is -3.86. The maximum Gasteiger partial charge on any atom is 0.264 e. The molecule has 1 N–H and O–H groups in total. The highest BCUT2D eigenvalue weighted by atomic mass is 32.2. The molecule has 0 aliphatic carbocycles. The second-order valence-electron chi connectivity index (χ2n) is 9.69. The highest BCUT2D eigenvalue weighted by molar-refractivity contribution is 7.93. The third-order valence-corrected chi connectivity index (χ3v) is 8.44. The molecule has 1 amide bonds. The predicted molar refractivity (Wildman–Crippen MR) is 151 cm³/mol. The van der Waals surface area contributed by atoms with Gasteiger partial charge in [0.1, 0.15) is 4.90 Å². The molecule has 2 heterocycles. The summed E-state index contributed by atoms with van der Waals surface area (Å²) in [6.07, 6.45) is 3.74. The van der Waals surface area contributed by atoms with Gasteiger partial charge in [0.25, 0.3) is 15.9 Å². The van der Waals surface area contributed by atoms with Crippen LogP contribution in [-0.4, -0.2) is 61.8 Å². The number of rotatable bonds is 8. The molecule has 0 atom stereocenters. The van der Waals surface area contributed by atoms with E-state index in [9.17, 15) is 13.2 Å². The summed E-state index contributed by atoms with van der Waals surface area (Å²) >= 11 is 0. The molecule has 38 heavy (non-hydrogen) atoms. The number of nitrogens with zero attached hydrogens (tertiary/aromatic N) is 3.